The molecule has 0 saturated carbocycles. The standard InChI is InChI=1S/C17H24N4OS/c1-4-18-17(20-13-16-19-12-14(2)23-16)21(3)10-11-22-15-8-6-5-7-9-15/h5-9,12H,4,10-11,13H2,1-3H3,(H,18,20). The van der Waals surface area contributed by atoms with Gasteiger partial charge in [-0.3, -0.25) is 0 Å². The monoisotopic (exact) mass is 332 g/mol. The summed E-state index contributed by atoms with van der Waals surface area (Å²) in [7, 11) is 2.02. The second kappa shape index (κ2) is 9.15. The lowest BCUT2D eigenvalue weighted by Gasteiger charge is -2.22. The SMILES string of the molecule is CCNC(=NCc1ncc(C)s1)N(C)CCOc1ccccc1. The maximum atomic E-state index is 5.74. The number of hydrogen-bond acceptors (Lipinski definition) is 4. The third-order valence-electron chi connectivity index (χ3n) is 3.17. The highest BCUT2D eigenvalue weighted by molar-refractivity contribution is 7.11. The van der Waals surface area contributed by atoms with Gasteiger partial charge in [0, 0.05) is 24.7 Å². The van der Waals surface area contributed by atoms with Crippen LogP contribution in [-0.4, -0.2) is 42.6 Å². The van der Waals surface area contributed by atoms with Crippen LogP contribution in [0, 0.1) is 6.92 Å². The zero-order chi connectivity index (χ0) is 16.5. The van der Waals surface area contributed by atoms with Gasteiger partial charge < -0.3 is 15.0 Å². The van der Waals surface area contributed by atoms with E-state index in [9.17, 15) is 0 Å². The largest absolute Gasteiger partial charge is 0.492 e. The molecule has 1 aromatic heterocycles. The Balaban J connectivity index is 1.85. The van der Waals surface area contributed by atoms with Gasteiger partial charge in [-0.15, -0.1) is 11.3 Å². The summed E-state index contributed by atoms with van der Waals surface area (Å²) in [4.78, 5) is 12.3. The van der Waals surface area contributed by atoms with Crippen LogP contribution in [0.5, 0.6) is 5.75 Å². The number of aryl methyl sites for hydroxylation is 1. The molecule has 0 bridgehead atoms. The molecule has 0 fully saturated rings. The van der Waals surface area contributed by atoms with Crippen LogP contribution in [0.4, 0.5) is 0 Å². The van der Waals surface area contributed by atoms with Crippen molar-refractivity contribution in [3.8, 4) is 5.75 Å². The van der Waals surface area contributed by atoms with Gasteiger partial charge in [-0.2, -0.15) is 0 Å². The van der Waals surface area contributed by atoms with Crippen LogP contribution in [0.2, 0.25) is 0 Å². The summed E-state index contributed by atoms with van der Waals surface area (Å²) in [5, 5.41) is 4.34. The number of hydrogen-bond donors (Lipinski definition) is 1. The molecule has 0 aliphatic carbocycles. The van der Waals surface area contributed by atoms with E-state index in [4.69, 9.17) is 4.74 Å². The molecule has 0 spiro atoms. The number of rotatable bonds is 7. The van der Waals surface area contributed by atoms with Gasteiger partial charge in [0.2, 0.25) is 0 Å². The molecule has 124 valence electrons. The highest BCUT2D eigenvalue weighted by Gasteiger charge is 2.06. The summed E-state index contributed by atoms with van der Waals surface area (Å²) in [6, 6.07) is 9.85. The van der Waals surface area contributed by atoms with Crippen LogP contribution in [0.3, 0.4) is 0 Å². The van der Waals surface area contributed by atoms with Crippen LogP contribution in [-0.2, 0) is 6.54 Å². The van der Waals surface area contributed by atoms with E-state index in [-0.39, 0.29) is 0 Å². The molecule has 0 unspecified atom stereocenters. The van der Waals surface area contributed by atoms with Crippen molar-refractivity contribution in [2.24, 2.45) is 4.99 Å². The Hall–Kier alpha value is -2.08. The summed E-state index contributed by atoms with van der Waals surface area (Å²) >= 11 is 1.69. The normalized spacial score (nSPS) is 11.3. The van der Waals surface area contributed by atoms with Crippen molar-refractivity contribution in [1.29, 1.82) is 0 Å². The summed E-state index contributed by atoms with van der Waals surface area (Å²) in [5.41, 5.74) is 0. The van der Waals surface area contributed by atoms with E-state index in [0.29, 0.717) is 13.2 Å². The van der Waals surface area contributed by atoms with Gasteiger partial charge in [0.25, 0.3) is 0 Å². The van der Waals surface area contributed by atoms with Crippen LogP contribution < -0.4 is 10.1 Å². The molecule has 1 heterocycles. The number of nitrogens with zero attached hydrogens (tertiary/aromatic N) is 3. The lowest BCUT2D eigenvalue weighted by molar-refractivity contribution is 0.281. The lowest BCUT2D eigenvalue weighted by atomic mass is 10.3. The first kappa shape index (κ1) is 17.3. The van der Waals surface area contributed by atoms with Crippen molar-refractivity contribution in [3.05, 3.63) is 46.4 Å². The van der Waals surface area contributed by atoms with Gasteiger partial charge in [0.15, 0.2) is 5.96 Å². The van der Waals surface area contributed by atoms with Gasteiger partial charge in [-0.1, -0.05) is 18.2 Å². The minimum absolute atomic E-state index is 0.602. The third kappa shape index (κ3) is 5.90. The summed E-state index contributed by atoms with van der Waals surface area (Å²) in [5.74, 6) is 1.76. The van der Waals surface area contributed by atoms with Crippen molar-refractivity contribution in [2.75, 3.05) is 26.7 Å². The lowest BCUT2D eigenvalue weighted by Crippen LogP contribution is -2.40. The average Bonchev–Trinajstić information content (AvgIpc) is 2.98. The number of benzene rings is 1. The number of aromatic nitrogens is 1. The Morgan fingerprint density at radius 1 is 1.35 bits per heavy atom. The molecule has 23 heavy (non-hydrogen) atoms. The molecule has 5 nitrogen and oxygen atoms in total. The molecule has 0 radical (unpaired) electrons. The van der Waals surface area contributed by atoms with Gasteiger partial charge in [0.05, 0.1) is 13.1 Å². The predicted molar refractivity (Wildman–Crippen MR) is 96.2 cm³/mol. The number of thiazole rings is 1. The third-order valence-corrected chi connectivity index (χ3v) is 4.07. The van der Waals surface area contributed by atoms with Crippen molar-refractivity contribution in [2.45, 2.75) is 20.4 Å². The Morgan fingerprint density at radius 2 is 2.13 bits per heavy atom. The predicted octanol–water partition coefficient (Wildman–Crippen LogP) is 2.93. The average molecular weight is 332 g/mol. The summed E-state index contributed by atoms with van der Waals surface area (Å²) in [6.45, 7) is 6.93. The smallest absolute Gasteiger partial charge is 0.194 e. The highest BCUT2D eigenvalue weighted by atomic mass is 32.1. The molecule has 0 atom stereocenters. The minimum Gasteiger partial charge on any atom is -0.492 e. The Kier molecular flexibility index (Phi) is 6.87. The minimum atomic E-state index is 0.602. The van der Waals surface area contributed by atoms with Crippen LogP contribution in [0.1, 0.15) is 16.8 Å². The second-order valence-electron chi connectivity index (χ2n) is 5.12. The van der Waals surface area contributed by atoms with Crippen LogP contribution >= 0.6 is 11.3 Å². The molecule has 1 aromatic carbocycles. The topological polar surface area (TPSA) is 49.8 Å². The van der Waals surface area contributed by atoms with Gasteiger partial charge in [-0.25, -0.2) is 9.98 Å². The first-order valence-corrected chi connectivity index (χ1v) is 8.59. The van der Waals surface area contributed by atoms with Crippen molar-refractivity contribution >= 4 is 17.3 Å². The number of para-hydroxylation sites is 1. The fourth-order valence-electron chi connectivity index (χ4n) is 2.01. The van der Waals surface area contributed by atoms with Gasteiger partial charge >= 0.3 is 0 Å². The van der Waals surface area contributed by atoms with Crippen molar-refractivity contribution in [1.82, 2.24) is 15.2 Å². The molecule has 6 heteroatoms. The van der Waals surface area contributed by atoms with E-state index in [1.807, 2.05) is 43.6 Å². The van der Waals surface area contributed by atoms with Crippen LogP contribution in [0.25, 0.3) is 0 Å². The molecule has 0 aliphatic heterocycles. The zero-order valence-corrected chi connectivity index (χ0v) is 14.8. The first-order chi connectivity index (χ1) is 11.2. The van der Waals surface area contributed by atoms with Crippen LogP contribution in [0.15, 0.2) is 41.5 Å². The highest BCUT2D eigenvalue weighted by Crippen LogP contribution is 2.12. The van der Waals surface area contributed by atoms with E-state index in [1.54, 1.807) is 11.3 Å². The summed E-state index contributed by atoms with van der Waals surface area (Å²) in [6.07, 6.45) is 1.89. The number of guanidine groups is 1. The Morgan fingerprint density at radius 3 is 2.78 bits per heavy atom. The van der Waals surface area contributed by atoms with Gasteiger partial charge in [0.1, 0.15) is 17.4 Å². The Bertz CT molecular complexity index is 612. The second-order valence-corrected chi connectivity index (χ2v) is 6.44. The molecule has 2 rings (SSSR count). The number of likely N-dealkylation sites (N-methyl/N-ethyl adjacent to an activating group) is 1. The van der Waals surface area contributed by atoms with E-state index in [0.717, 1.165) is 29.8 Å². The first-order valence-electron chi connectivity index (χ1n) is 7.77. The Labute approximate surface area is 142 Å². The van der Waals surface area contributed by atoms with E-state index in [2.05, 4.69) is 34.0 Å². The number of nitrogens with one attached hydrogen (secondary N) is 1. The molecule has 0 aliphatic rings. The van der Waals surface area contributed by atoms with E-state index >= 15 is 0 Å². The molecule has 0 amide bonds. The zero-order valence-electron chi connectivity index (χ0n) is 14.0. The molecule has 2 aromatic rings. The fraction of sp³-hybridized carbons (Fsp3) is 0.412. The molecular weight excluding hydrogens is 308 g/mol. The maximum absolute atomic E-state index is 5.74. The maximum Gasteiger partial charge on any atom is 0.194 e. The van der Waals surface area contributed by atoms with Gasteiger partial charge in [-0.05, 0) is 26.0 Å². The summed E-state index contributed by atoms with van der Waals surface area (Å²) < 4.78 is 5.74. The van der Waals surface area contributed by atoms with E-state index in [1.165, 1.54) is 4.88 Å². The van der Waals surface area contributed by atoms with Crippen molar-refractivity contribution in [3.63, 3.8) is 0 Å². The molecule has 1 N–H and O–H groups in total. The van der Waals surface area contributed by atoms with E-state index < -0.39 is 0 Å². The molecular formula is C17H24N4OS. The van der Waals surface area contributed by atoms with Crippen molar-refractivity contribution < 1.29 is 4.74 Å². The molecule has 0 saturated heterocycles. The number of ether oxygens (including phenoxy) is 1. The number of aliphatic imine (C=N–C) groups is 1. The quantitative estimate of drug-likeness (QED) is 0.626. The fourth-order valence-corrected chi connectivity index (χ4v) is 2.72.